The van der Waals surface area contributed by atoms with Gasteiger partial charge in [0.15, 0.2) is 0 Å². The van der Waals surface area contributed by atoms with Gasteiger partial charge in [0.25, 0.3) is 0 Å². The lowest BCUT2D eigenvalue weighted by atomic mass is 10.2. The minimum atomic E-state index is -0.471. The fraction of sp³-hybridized carbons (Fsp3) is 0.667. The maximum Gasteiger partial charge on any atom is 0.308 e. The molecule has 4 nitrogen and oxygen atoms in total. The van der Waals surface area contributed by atoms with Gasteiger partial charge in [-0.2, -0.15) is 0 Å². The summed E-state index contributed by atoms with van der Waals surface area (Å²) in [4.78, 5) is 24.1. The third kappa shape index (κ3) is 4.00. The number of thiazole rings is 1. The lowest BCUT2D eigenvalue weighted by molar-refractivity contribution is -0.155. The SMILES string of the molecule is Cc1sc(=O)n(CCC(=O)OC(C)(C)C)c1C. The highest BCUT2D eigenvalue weighted by molar-refractivity contribution is 7.09. The second kappa shape index (κ2) is 5.04. The van der Waals surface area contributed by atoms with Crippen LogP contribution in [0.15, 0.2) is 4.79 Å². The van der Waals surface area contributed by atoms with E-state index in [1.165, 1.54) is 11.3 Å². The fourth-order valence-corrected chi connectivity index (χ4v) is 2.30. The first kappa shape index (κ1) is 14.0. The van der Waals surface area contributed by atoms with Crippen molar-refractivity contribution in [2.75, 3.05) is 0 Å². The molecule has 1 aromatic rings. The first-order valence-electron chi connectivity index (χ1n) is 5.59. The number of aromatic nitrogens is 1. The molecule has 0 saturated heterocycles. The number of carbonyl (C=O) groups is 1. The molecule has 0 fully saturated rings. The van der Waals surface area contributed by atoms with Gasteiger partial charge in [0, 0.05) is 17.1 Å². The zero-order valence-corrected chi connectivity index (χ0v) is 11.8. The van der Waals surface area contributed by atoms with Crippen LogP contribution in [0.25, 0.3) is 0 Å². The van der Waals surface area contributed by atoms with Gasteiger partial charge in [-0.3, -0.25) is 9.59 Å². The van der Waals surface area contributed by atoms with E-state index in [9.17, 15) is 9.59 Å². The molecule has 5 heteroatoms. The molecule has 0 aliphatic rings. The summed E-state index contributed by atoms with van der Waals surface area (Å²) in [7, 11) is 0. The summed E-state index contributed by atoms with van der Waals surface area (Å²) in [5.41, 5.74) is 0.463. The van der Waals surface area contributed by atoms with Crippen molar-refractivity contribution in [3.05, 3.63) is 20.2 Å². The Balaban J connectivity index is 2.63. The number of esters is 1. The summed E-state index contributed by atoms with van der Waals surface area (Å²) in [5.74, 6) is -0.271. The van der Waals surface area contributed by atoms with Crippen LogP contribution in [0.3, 0.4) is 0 Å². The van der Waals surface area contributed by atoms with Crippen LogP contribution in [0.1, 0.15) is 37.8 Å². The standard InChI is InChI=1S/C12H19NO3S/c1-8-9(2)17-11(15)13(8)7-6-10(14)16-12(3,4)5/h6-7H2,1-5H3. The molecule has 96 valence electrons. The van der Waals surface area contributed by atoms with Crippen molar-refractivity contribution in [3.8, 4) is 0 Å². The van der Waals surface area contributed by atoms with Crippen LogP contribution in [0.5, 0.6) is 0 Å². The average molecular weight is 257 g/mol. The van der Waals surface area contributed by atoms with Crippen LogP contribution >= 0.6 is 11.3 Å². The van der Waals surface area contributed by atoms with E-state index in [0.29, 0.717) is 6.54 Å². The molecule has 0 atom stereocenters. The second-order valence-corrected chi connectivity index (χ2v) is 6.16. The molecule has 17 heavy (non-hydrogen) atoms. The summed E-state index contributed by atoms with van der Waals surface area (Å²) in [6.45, 7) is 9.68. The average Bonchev–Trinajstić information content (AvgIpc) is 2.36. The number of aryl methyl sites for hydroxylation is 1. The van der Waals surface area contributed by atoms with Gasteiger partial charge in [0.05, 0.1) is 6.42 Å². The van der Waals surface area contributed by atoms with Crippen LogP contribution in [0, 0.1) is 13.8 Å². The molecule has 0 saturated carbocycles. The smallest absolute Gasteiger partial charge is 0.308 e. The van der Waals surface area contributed by atoms with Gasteiger partial charge < -0.3 is 9.30 Å². The van der Waals surface area contributed by atoms with E-state index in [2.05, 4.69) is 0 Å². The maximum absolute atomic E-state index is 11.6. The molecule has 0 radical (unpaired) electrons. The van der Waals surface area contributed by atoms with E-state index < -0.39 is 5.60 Å². The Kier molecular flexibility index (Phi) is 4.14. The number of rotatable bonds is 3. The number of carbonyl (C=O) groups excluding carboxylic acids is 1. The highest BCUT2D eigenvalue weighted by Crippen LogP contribution is 2.12. The zero-order chi connectivity index (χ0) is 13.2. The summed E-state index contributed by atoms with van der Waals surface area (Å²) in [5, 5.41) is 0. The van der Waals surface area contributed by atoms with Crippen molar-refractivity contribution in [3.63, 3.8) is 0 Å². The first-order chi connectivity index (χ1) is 7.70. The summed E-state index contributed by atoms with van der Waals surface area (Å²) in [6, 6.07) is 0. The van der Waals surface area contributed by atoms with Crippen LogP contribution < -0.4 is 4.87 Å². The Bertz CT molecular complexity index is 465. The van der Waals surface area contributed by atoms with Crippen molar-refractivity contribution < 1.29 is 9.53 Å². The summed E-state index contributed by atoms with van der Waals surface area (Å²) < 4.78 is 6.82. The minimum Gasteiger partial charge on any atom is -0.460 e. The van der Waals surface area contributed by atoms with Gasteiger partial charge in [-0.25, -0.2) is 0 Å². The highest BCUT2D eigenvalue weighted by Gasteiger charge is 2.17. The van der Waals surface area contributed by atoms with E-state index in [1.807, 2.05) is 34.6 Å². The second-order valence-electron chi connectivity index (χ2n) is 5.00. The van der Waals surface area contributed by atoms with E-state index in [4.69, 9.17) is 4.74 Å². The van der Waals surface area contributed by atoms with Crippen molar-refractivity contribution in [2.24, 2.45) is 0 Å². The molecule has 0 aliphatic carbocycles. The molecule has 0 N–H and O–H groups in total. The molecule has 0 spiro atoms. The first-order valence-corrected chi connectivity index (χ1v) is 6.41. The molecule has 0 aliphatic heterocycles. The van der Waals surface area contributed by atoms with Crippen LogP contribution in [-0.2, 0) is 16.1 Å². The normalized spacial score (nSPS) is 11.6. The van der Waals surface area contributed by atoms with Crippen LogP contribution in [-0.4, -0.2) is 16.1 Å². The van der Waals surface area contributed by atoms with Crippen LogP contribution in [0.2, 0.25) is 0 Å². The summed E-state index contributed by atoms with van der Waals surface area (Å²) in [6.07, 6.45) is 0.230. The predicted octanol–water partition coefficient (Wildman–Crippen LogP) is 2.26. The largest absolute Gasteiger partial charge is 0.460 e. The van der Waals surface area contributed by atoms with E-state index in [0.717, 1.165) is 10.6 Å². The lowest BCUT2D eigenvalue weighted by Gasteiger charge is -2.19. The van der Waals surface area contributed by atoms with Crippen molar-refractivity contribution in [2.45, 2.75) is 53.2 Å². The molecular formula is C12H19NO3S. The zero-order valence-electron chi connectivity index (χ0n) is 11.0. The molecule has 0 bridgehead atoms. The van der Waals surface area contributed by atoms with Gasteiger partial charge in [0.1, 0.15) is 5.60 Å². The Hall–Kier alpha value is -1.10. The molecule has 0 unspecified atom stereocenters. The number of hydrogen-bond donors (Lipinski definition) is 0. The maximum atomic E-state index is 11.6. The summed E-state index contributed by atoms with van der Waals surface area (Å²) >= 11 is 1.22. The van der Waals surface area contributed by atoms with Crippen molar-refractivity contribution in [1.82, 2.24) is 4.57 Å². The molecule has 0 amide bonds. The van der Waals surface area contributed by atoms with Gasteiger partial charge in [-0.1, -0.05) is 11.3 Å². The van der Waals surface area contributed by atoms with Crippen LogP contribution in [0.4, 0.5) is 0 Å². The highest BCUT2D eigenvalue weighted by atomic mass is 32.1. The fourth-order valence-electron chi connectivity index (χ4n) is 1.44. The van der Waals surface area contributed by atoms with E-state index >= 15 is 0 Å². The third-order valence-corrected chi connectivity index (χ3v) is 3.33. The monoisotopic (exact) mass is 257 g/mol. The van der Waals surface area contributed by atoms with Crippen molar-refractivity contribution >= 4 is 17.3 Å². The Morgan fingerprint density at radius 1 is 1.35 bits per heavy atom. The molecule has 1 rings (SSSR count). The van der Waals surface area contributed by atoms with E-state index in [-0.39, 0.29) is 17.3 Å². The van der Waals surface area contributed by atoms with Gasteiger partial charge >= 0.3 is 10.8 Å². The topological polar surface area (TPSA) is 48.3 Å². The number of ether oxygens (including phenoxy) is 1. The van der Waals surface area contributed by atoms with E-state index in [1.54, 1.807) is 4.57 Å². The lowest BCUT2D eigenvalue weighted by Crippen LogP contribution is -2.25. The number of nitrogens with zero attached hydrogens (tertiary/aromatic N) is 1. The third-order valence-electron chi connectivity index (χ3n) is 2.33. The van der Waals surface area contributed by atoms with Gasteiger partial charge in [0.2, 0.25) is 0 Å². The molecule has 0 aromatic carbocycles. The predicted molar refractivity (Wildman–Crippen MR) is 68.5 cm³/mol. The Labute approximate surface area is 105 Å². The van der Waals surface area contributed by atoms with Crippen molar-refractivity contribution in [1.29, 1.82) is 0 Å². The number of hydrogen-bond acceptors (Lipinski definition) is 4. The Morgan fingerprint density at radius 3 is 2.35 bits per heavy atom. The molecule has 1 heterocycles. The Morgan fingerprint density at radius 2 is 1.94 bits per heavy atom. The molecule has 1 aromatic heterocycles. The minimum absolute atomic E-state index is 0.0106. The van der Waals surface area contributed by atoms with Gasteiger partial charge in [-0.05, 0) is 34.6 Å². The quantitative estimate of drug-likeness (QED) is 0.780. The van der Waals surface area contributed by atoms with Gasteiger partial charge in [-0.15, -0.1) is 0 Å². The molecular weight excluding hydrogens is 238 g/mol.